The number of nitriles is 1. The summed E-state index contributed by atoms with van der Waals surface area (Å²) in [5.41, 5.74) is 6.19. The van der Waals surface area contributed by atoms with Gasteiger partial charge in [0.25, 0.3) is 5.91 Å². The van der Waals surface area contributed by atoms with Crippen molar-refractivity contribution in [1.29, 1.82) is 5.26 Å². The lowest BCUT2D eigenvalue weighted by atomic mass is 9.82. The number of halogens is 1. The molecule has 0 bridgehead atoms. The van der Waals surface area contributed by atoms with E-state index in [0.717, 1.165) is 22.4 Å². The van der Waals surface area contributed by atoms with Crippen molar-refractivity contribution < 1.29 is 14.3 Å². The third-order valence-corrected chi connectivity index (χ3v) is 8.11. The molecule has 4 rings (SSSR count). The fourth-order valence-corrected chi connectivity index (χ4v) is 6.11. The van der Waals surface area contributed by atoms with Gasteiger partial charge < -0.3 is 20.7 Å². The van der Waals surface area contributed by atoms with Crippen LogP contribution in [-0.4, -0.2) is 24.7 Å². The van der Waals surface area contributed by atoms with Crippen LogP contribution in [0.3, 0.4) is 0 Å². The molecule has 1 aliphatic rings. The number of ether oxygens (including phenoxy) is 1. The van der Waals surface area contributed by atoms with Gasteiger partial charge in [-0.05, 0) is 62.6 Å². The van der Waals surface area contributed by atoms with Gasteiger partial charge in [-0.25, -0.2) is 0 Å². The molecule has 1 aliphatic heterocycles. The van der Waals surface area contributed by atoms with Gasteiger partial charge in [0.1, 0.15) is 5.75 Å². The highest BCUT2D eigenvalue weighted by molar-refractivity contribution is 8.03. The van der Waals surface area contributed by atoms with E-state index in [1.165, 1.54) is 18.9 Å². The average molecular weight is 587 g/mol. The van der Waals surface area contributed by atoms with Crippen LogP contribution >= 0.6 is 23.4 Å². The van der Waals surface area contributed by atoms with Crippen LogP contribution in [-0.2, 0) is 9.59 Å². The van der Waals surface area contributed by atoms with Gasteiger partial charge in [0.2, 0.25) is 5.91 Å². The second kappa shape index (κ2) is 13.0. The SMILES string of the molecule is COc1ccccc1NC(=O)C1=C(C)NC(SCC(=O)Nc2c(C)cc(C)cc2C)=C(C#N)[C@H]1c1ccccc1Cl. The fourth-order valence-electron chi connectivity index (χ4n) is 4.98. The van der Waals surface area contributed by atoms with Gasteiger partial charge in [0.05, 0.1) is 41.1 Å². The number of amides is 2. The lowest BCUT2D eigenvalue weighted by molar-refractivity contribution is -0.114. The van der Waals surface area contributed by atoms with E-state index in [2.05, 4.69) is 22.0 Å². The first-order valence-corrected chi connectivity index (χ1v) is 14.3. The van der Waals surface area contributed by atoms with Crippen LogP contribution in [0.25, 0.3) is 0 Å². The van der Waals surface area contributed by atoms with E-state index >= 15 is 0 Å². The van der Waals surface area contributed by atoms with Crippen LogP contribution < -0.4 is 20.7 Å². The number of nitrogens with zero attached hydrogens (tertiary/aromatic N) is 1. The number of benzene rings is 3. The molecule has 0 radical (unpaired) electrons. The van der Waals surface area contributed by atoms with Crippen LogP contribution in [0.1, 0.15) is 35.1 Å². The Labute approximate surface area is 249 Å². The van der Waals surface area contributed by atoms with Crippen LogP contribution in [0.2, 0.25) is 5.02 Å². The van der Waals surface area contributed by atoms with E-state index in [9.17, 15) is 14.9 Å². The van der Waals surface area contributed by atoms with Gasteiger partial charge >= 0.3 is 0 Å². The average Bonchev–Trinajstić information content (AvgIpc) is 2.94. The maximum absolute atomic E-state index is 13.8. The number of allylic oxidation sites excluding steroid dienone is 2. The molecular formula is C32H31ClN4O3S. The lowest BCUT2D eigenvalue weighted by Crippen LogP contribution is -2.31. The van der Waals surface area contributed by atoms with Gasteiger partial charge in [0, 0.05) is 22.0 Å². The van der Waals surface area contributed by atoms with Gasteiger partial charge in [-0.15, -0.1) is 0 Å². The molecule has 0 saturated carbocycles. The van der Waals surface area contributed by atoms with Crippen molar-refractivity contribution in [3.8, 4) is 11.8 Å². The first kappa shape index (κ1) is 29.8. The van der Waals surface area contributed by atoms with E-state index in [4.69, 9.17) is 16.3 Å². The molecule has 7 nitrogen and oxygen atoms in total. The van der Waals surface area contributed by atoms with Crippen LogP contribution in [0, 0.1) is 32.1 Å². The quantitative estimate of drug-likeness (QED) is 0.263. The molecule has 0 saturated heterocycles. The predicted molar refractivity (Wildman–Crippen MR) is 166 cm³/mol. The lowest BCUT2D eigenvalue weighted by Gasteiger charge is -2.30. The molecule has 3 aromatic carbocycles. The fraction of sp³-hybridized carbons (Fsp3) is 0.219. The summed E-state index contributed by atoms with van der Waals surface area (Å²) in [4.78, 5) is 26.7. The molecule has 1 atom stereocenters. The zero-order valence-corrected chi connectivity index (χ0v) is 25.1. The number of carbonyl (C=O) groups is 2. The monoisotopic (exact) mass is 586 g/mol. The number of dihydropyridines is 1. The maximum atomic E-state index is 13.8. The summed E-state index contributed by atoms with van der Waals surface area (Å²) >= 11 is 7.82. The van der Waals surface area contributed by atoms with E-state index in [1.54, 1.807) is 43.3 Å². The summed E-state index contributed by atoms with van der Waals surface area (Å²) in [6.45, 7) is 7.71. The number of rotatable bonds is 8. The molecule has 1 heterocycles. The number of para-hydroxylation sites is 2. The molecule has 0 spiro atoms. The Balaban J connectivity index is 1.66. The number of hydrogen-bond donors (Lipinski definition) is 3. The summed E-state index contributed by atoms with van der Waals surface area (Å²) < 4.78 is 5.40. The normalized spacial score (nSPS) is 14.7. The van der Waals surface area contributed by atoms with E-state index in [1.807, 2.05) is 45.0 Å². The van der Waals surface area contributed by atoms with E-state index in [-0.39, 0.29) is 11.7 Å². The summed E-state index contributed by atoms with van der Waals surface area (Å²) in [5, 5.41) is 20.4. The Kier molecular flexibility index (Phi) is 9.43. The van der Waals surface area contributed by atoms with Crippen molar-refractivity contribution in [2.24, 2.45) is 0 Å². The molecule has 3 aromatic rings. The van der Waals surface area contributed by atoms with Crippen molar-refractivity contribution in [3.63, 3.8) is 0 Å². The van der Waals surface area contributed by atoms with Gasteiger partial charge in [0.15, 0.2) is 0 Å². The highest BCUT2D eigenvalue weighted by Gasteiger charge is 2.36. The van der Waals surface area contributed by atoms with Crippen molar-refractivity contribution in [3.05, 3.63) is 110 Å². The molecule has 2 amide bonds. The Morgan fingerprint density at radius 1 is 1.02 bits per heavy atom. The minimum atomic E-state index is -0.753. The molecule has 41 heavy (non-hydrogen) atoms. The third-order valence-electron chi connectivity index (χ3n) is 6.75. The number of carbonyl (C=O) groups excluding carboxylic acids is 2. The minimum absolute atomic E-state index is 0.0610. The number of anilines is 2. The van der Waals surface area contributed by atoms with Crippen LogP contribution in [0.15, 0.2) is 82.5 Å². The standard InChI is InChI=1S/C32H31ClN4O3S/c1-18-14-19(2)30(20(3)15-18)37-27(38)17-41-32-23(16-34)29(22-10-6-7-11-24(22)33)28(21(4)35-32)31(39)36-25-12-8-9-13-26(25)40-5/h6-15,29,35H,17H2,1-5H3,(H,36,39)(H,37,38)/t29-/m1/s1. The molecule has 0 unspecified atom stereocenters. The van der Waals surface area contributed by atoms with Crippen molar-refractivity contribution in [2.75, 3.05) is 23.5 Å². The van der Waals surface area contributed by atoms with Gasteiger partial charge in [-0.3, -0.25) is 9.59 Å². The Morgan fingerprint density at radius 2 is 1.68 bits per heavy atom. The first-order valence-electron chi connectivity index (χ1n) is 13.0. The highest BCUT2D eigenvalue weighted by atomic mass is 35.5. The van der Waals surface area contributed by atoms with E-state index < -0.39 is 11.8 Å². The smallest absolute Gasteiger partial charge is 0.254 e. The summed E-state index contributed by atoms with van der Waals surface area (Å²) in [6.07, 6.45) is 0. The zero-order chi connectivity index (χ0) is 29.7. The summed E-state index contributed by atoms with van der Waals surface area (Å²) in [6, 6.07) is 20.6. The number of thioether (sulfide) groups is 1. The number of methoxy groups -OCH3 is 1. The molecule has 0 fully saturated rings. The first-order chi connectivity index (χ1) is 19.6. The molecule has 0 aromatic heterocycles. The molecule has 3 N–H and O–H groups in total. The van der Waals surface area contributed by atoms with Gasteiger partial charge in [-0.1, -0.05) is 71.4 Å². The topological polar surface area (TPSA) is 103 Å². The third kappa shape index (κ3) is 6.59. The van der Waals surface area contributed by atoms with Crippen molar-refractivity contribution >= 4 is 46.6 Å². The molecule has 210 valence electrons. The Morgan fingerprint density at radius 3 is 2.34 bits per heavy atom. The maximum Gasteiger partial charge on any atom is 0.254 e. The Bertz CT molecular complexity index is 1600. The molecule has 9 heteroatoms. The largest absolute Gasteiger partial charge is 0.495 e. The number of nitrogens with one attached hydrogen (secondary N) is 3. The minimum Gasteiger partial charge on any atom is -0.495 e. The van der Waals surface area contributed by atoms with Crippen LogP contribution in [0.4, 0.5) is 11.4 Å². The molecular weight excluding hydrogens is 556 g/mol. The van der Waals surface area contributed by atoms with Crippen molar-refractivity contribution in [2.45, 2.75) is 33.6 Å². The molecule has 0 aliphatic carbocycles. The Hall–Kier alpha value is -4.19. The van der Waals surface area contributed by atoms with Crippen LogP contribution in [0.5, 0.6) is 5.75 Å². The van der Waals surface area contributed by atoms with E-state index in [0.29, 0.717) is 43.9 Å². The highest BCUT2D eigenvalue weighted by Crippen LogP contribution is 2.43. The second-order valence-corrected chi connectivity index (χ2v) is 11.1. The van der Waals surface area contributed by atoms with Crippen molar-refractivity contribution in [1.82, 2.24) is 5.32 Å². The second-order valence-electron chi connectivity index (χ2n) is 9.74. The predicted octanol–water partition coefficient (Wildman–Crippen LogP) is 6.98. The summed E-state index contributed by atoms with van der Waals surface area (Å²) in [7, 11) is 1.53. The van der Waals surface area contributed by atoms with Gasteiger partial charge in [-0.2, -0.15) is 5.26 Å². The number of hydrogen-bond acceptors (Lipinski definition) is 6. The zero-order valence-electron chi connectivity index (χ0n) is 23.5. The number of aryl methyl sites for hydroxylation is 3. The summed E-state index contributed by atoms with van der Waals surface area (Å²) in [5.74, 6) is -0.783.